The summed E-state index contributed by atoms with van der Waals surface area (Å²) in [5.74, 6) is 3.23. The van der Waals surface area contributed by atoms with Gasteiger partial charge in [-0.05, 0) is 24.7 Å². The van der Waals surface area contributed by atoms with Crippen molar-refractivity contribution in [3.05, 3.63) is 5.82 Å². The van der Waals surface area contributed by atoms with Gasteiger partial charge in [0.05, 0.1) is 0 Å². The summed E-state index contributed by atoms with van der Waals surface area (Å²) in [5, 5.41) is 4.37. The third-order valence-corrected chi connectivity index (χ3v) is 4.52. The molecule has 102 valence electrons. The summed E-state index contributed by atoms with van der Waals surface area (Å²) in [7, 11) is 0. The molecule has 3 nitrogen and oxygen atoms in total. The van der Waals surface area contributed by atoms with Crippen LogP contribution in [0.2, 0.25) is 0 Å². The molecule has 0 aromatic carbocycles. The van der Waals surface area contributed by atoms with Gasteiger partial charge in [0.15, 0.2) is 0 Å². The van der Waals surface area contributed by atoms with Gasteiger partial charge < -0.3 is 5.32 Å². The lowest BCUT2D eigenvalue weighted by Gasteiger charge is -2.26. The summed E-state index contributed by atoms with van der Waals surface area (Å²) in [6.07, 6.45) is 6.61. The lowest BCUT2D eigenvalue weighted by Crippen LogP contribution is -2.14. The highest BCUT2D eigenvalue weighted by Gasteiger charge is 2.25. The van der Waals surface area contributed by atoms with E-state index in [4.69, 9.17) is 0 Å². The normalized spacial score (nSPS) is 24.4. The lowest BCUT2D eigenvalue weighted by atomic mass is 9.80. The van der Waals surface area contributed by atoms with Crippen molar-refractivity contribution in [1.29, 1.82) is 0 Å². The number of rotatable bonds is 5. The first-order valence-corrected chi connectivity index (χ1v) is 8.03. The summed E-state index contributed by atoms with van der Waals surface area (Å²) in [5.41, 5.74) is 0. The van der Waals surface area contributed by atoms with E-state index in [0.29, 0.717) is 11.8 Å². The van der Waals surface area contributed by atoms with Crippen LogP contribution in [0, 0.1) is 11.8 Å². The Labute approximate surface area is 115 Å². The molecular weight excluding hydrogens is 242 g/mol. The molecule has 1 aromatic heterocycles. The van der Waals surface area contributed by atoms with Crippen molar-refractivity contribution in [3.63, 3.8) is 0 Å². The maximum Gasteiger partial charge on any atom is 0.202 e. The molecule has 1 aliphatic carbocycles. The van der Waals surface area contributed by atoms with E-state index in [1.807, 2.05) is 0 Å². The van der Waals surface area contributed by atoms with E-state index in [-0.39, 0.29) is 0 Å². The van der Waals surface area contributed by atoms with Gasteiger partial charge in [-0.15, -0.1) is 0 Å². The molecule has 0 spiro atoms. The van der Waals surface area contributed by atoms with Gasteiger partial charge in [0, 0.05) is 24.0 Å². The fraction of sp³-hybridized carbons (Fsp3) is 0.857. The van der Waals surface area contributed by atoms with E-state index in [9.17, 15) is 0 Å². The summed E-state index contributed by atoms with van der Waals surface area (Å²) >= 11 is 1.52. The predicted octanol–water partition coefficient (Wildman–Crippen LogP) is 4.29. The zero-order chi connectivity index (χ0) is 13.0. The molecule has 0 bridgehead atoms. The Balaban J connectivity index is 1.92. The van der Waals surface area contributed by atoms with E-state index in [1.54, 1.807) is 0 Å². The van der Waals surface area contributed by atoms with Crippen LogP contribution in [-0.4, -0.2) is 15.9 Å². The Hall–Kier alpha value is -0.640. The first kappa shape index (κ1) is 13.8. The van der Waals surface area contributed by atoms with Crippen LogP contribution in [0.1, 0.15) is 64.6 Å². The second-order valence-corrected chi connectivity index (χ2v) is 6.62. The average Bonchev–Trinajstić information content (AvgIpc) is 2.85. The van der Waals surface area contributed by atoms with Crippen LogP contribution in [0.4, 0.5) is 5.13 Å². The van der Waals surface area contributed by atoms with E-state index < -0.39 is 0 Å². The molecular formula is C14H25N3S. The van der Waals surface area contributed by atoms with Gasteiger partial charge in [0.1, 0.15) is 5.82 Å². The van der Waals surface area contributed by atoms with Crippen LogP contribution in [-0.2, 0) is 0 Å². The van der Waals surface area contributed by atoms with Crippen LogP contribution in [0.5, 0.6) is 0 Å². The van der Waals surface area contributed by atoms with Crippen molar-refractivity contribution >= 4 is 16.7 Å². The molecule has 2 rings (SSSR count). The minimum atomic E-state index is 0.606. The maximum atomic E-state index is 4.67. The molecule has 18 heavy (non-hydrogen) atoms. The fourth-order valence-electron chi connectivity index (χ4n) is 2.66. The van der Waals surface area contributed by atoms with Crippen molar-refractivity contribution in [2.75, 3.05) is 11.9 Å². The first-order chi connectivity index (χ1) is 8.69. The standard InChI is InChI=1S/C14H25N3S/c1-4-11-6-5-7-12(8-11)13-16-14(18-17-13)15-9-10(2)3/h10-12H,4-9H2,1-3H3,(H,15,16,17). The Morgan fingerprint density at radius 1 is 1.39 bits per heavy atom. The Bertz CT molecular complexity index is 362. The lowest BCUT2D eigenvalue weighted by molar-refractivity contribution is 0.308. The average molecular weight is 267 g/mol. The number of nitrogens with one attached hydrogen (secondary N) is 1. The first-order valence-electron chi connectivity index (χ1n) is 7.26. The molecule has 1 fully saturated rings. The van der Waals surface area contributed by atoms with Gasteiger partial charge in [0.25, 0.3) is 0 Å². The van der Waals surface area contributed by atoms with Crippen LogP contribution in [0.3, 0.4) is 0 Å². The smallest absolute Gasteiger partial charge is 0.202 e. The number of anilines is 1. The molecule has 1 aromatic rings. The van der Waals surface area contributed by atoms with Crippen molar-refractivity contribution in [2.45, 2.75) is 58.8 Å². The minimum Gasteiger partial charge on any atom is -0.360 e. The number of aromatic nitrogens is 2. The molecule has 1 N–H and O–H groups in total. The molecule has 0 amide bonds. The van der Waals surface area contributed by atoms with Gasteiger partial charge in [-0.25, -0.2) is 4.98 Å². The molecule has 4 heteroatoms. The SMILES string of the molecule is CCC1CCCC(c2nsc(NCC(C)C)n2)C1. The highest BCUT2D eigenvalue weighted by atomic mass is 32.1. The van der Waals surface area contributed by atoms with Crippen LogP contribution in [0.15, 0.2) is 0 Å². The van der Waals surface area contributed by atoms with Gasteiger partial charge >= 0.3 is 0 Å². The van der Waals surface area contributed by atoms with E-state index in [2.05, 4.69) is 35.4 Å². The maximum absolute atomic E-state index is 4.67. The minimum absolute atomic E-state index is 0.606. The number of nitrogens with zero attached hydrogens (tertiary/aromatic N) is 2. The highest BCUT2D eigenvalue weighted by Crippen LogP contribution is 2.37. The monoisotopic (exact) mass is 267 g/mol. The number of hydrogen-bond acceptors (Lipinski definition) is 4. The van der Waals surface area contributed by atoms with Crippen molar-refractivity contribution < 1.29 is 0 Å². The third-order valence-electron chi connectivity index (χ3n) is 3.83. The third kappa shape index (κ3) is 3.67. The molecule has 1 heterocycles. The fourth-order valence-corrected chi connectivity index (χ4v) is 3.31. The van der Waals surface area contributed by atoms with Crippen LogP contribution >= 0.6 is 11.5 Å². The predicted molar refractivity (Wildman–Crippen MR) is 78.2 cm³/mol. The zero-order valence-electron chi connectivity index (χ0n) is 11.8. The van der Waals surface area contributed by atoms with E-state index in [1.165, 1.54) is 43.6 Å². The molecule has 0 saturated heterocycles. The van der Waals surface area contributed by atoms with E-state index in [0.717, 1.165) is 23.4 Å². The topological polar surface area (TPSA) is 37.8 Å². The quantitative estimate of drug-likeness (QED) is 0.864. The van der Waals surface area contributed by atoms with Crippen LogP contribution < -0.4 is 5.32 Å². The van der Waals surface area contributed by atoms with Crippen LogP contribution in [0.25, 0.3) is 0 Å². The molecule has 2 atom stereocenters. The summed E-state index contributed by atoms with van der Waals surface area (Å²) in [6.45, 7) is 7.71. The van der Waals surface area contributed by atoms with Gasteiger partial charge in [-0.2, -0.15) is 4.37 Å². The van der Waals surface area contributed by atoms with Crippen molar-refractivity contribution in [1.82, 2.24) is 9.36 Å². The summed E-state index contributed by atoms with van der Waals surface area (Å²) in [6, 6.07) is 0. The summed E-state index contributed by atoms with van der Waals surface area (Å²) in [4.78, 5) is 4.67. The molecule has 0 radical (unpaired) electrons. The second kappa shape index (κ2) is 6.50. The number of hydrogen-bond donors (Lipinski definition) is 1. The van der Waals surface area contributed by atoms with Gasteiger partial charge in [0.2, 0.25) is 5.13 Å². The molecule has 2 unspecified atom stereocenters. The molecule has 1 aliphatic rings. The Morgan fingerprint density at radius 2 is 2.22 bits per heavy atom. The molecule has 1 saturated carbocycles. The Morgan fingerprint density at radius 3 is 2.94 bits per heavy atom. The largest absolute Gasteiger partial charge is 0.360 e. The van der Waals surface area contributed by atoms with Gasteiger partial charge in [-0.3, -0.25) is 0 Å². The Kier molecular flexibility index (Phi) is 4.98. The van der Waals surface area contributed by atoms with Gasteiger partial charge in [-0.1, -0.05) is 40.0 Å². The zero-order valence-corrected chi connectivity index (χ0v) is 12.6. The van der Waals surface area contributed by atoms with Crippen molar-refractivity contribution in [3.8, 4) is 0 Å². The van der Waals surface area contributed by atoms with Crippen molar-refractivity contribution in [2.24, 2.45) is 11.8 Å². The highest BCUT2D eigenvalue weighted by molar-refractivity contribution is 7.09. The molecule has 0 aliphatic heterocycles. The van der Waals surface area contributed by atoms with E-state index >= 15 is 0 Å². The second-order valence-electron chi connectivity index (χ2n) is 5.87. The summed E-state index contributed by atoms with van der Waals surface area (Å²) < 4.78 is 4.55.